The number of phenols is 1. The number of carbonyl (C=O) groups is 2. The standard InChI is InChI=1S/C16H22O5S/c1-5-20-14(18)13(15(19)21-6-2)16(3,4)22-12-9-7-11(17)8-10-12/h7-10,13,17H,5-6H2,1-4H3. The molecule has 0 aliphatic carbocycles. The minimum absolute atomic E-state index is 0.162. The second-order valence-corrected chi connectivity index (χ2v) is 6.86. The van der Waals surface area contributed by atoms with Crippen LogP contribution in [0.4, 0.5) is 0 Å². The van der Waals surface area contributed by atoms with Crippen LogP contribution in [0.2, 0.25) is 0 Å². The Balaban J connectivity index is 3.00. The number of esters is 2. The zero-order valence-electron chi connectivity index (χ0n) is 13.3. The van der Waals surface area contributed by atoms with E-state index in [-0.39, 0.29) is 19.0 Å². The fourth-order valence-electron chi connectivity index (χ4n) is 1.99. The zero-order chi connectivity index (χ0) is 16.8. The quantitative estimate of drug-likeness (QED) is 0.472. The second-order valence-electron chi connectivity index (χ2n) is 5.14. The van der Waals surface area contributed by atoms with Crippen LogP contribution in [0.5, 0.6) is 5.75 Å². The van der Waals surface area contributed by atoms with Gasteiger partial charge < -0.3 is 14.6 Å². The SMILES string of the molecule is CCOC(=O)C(C(=O)OCC)C(C)(C)Sc1ccc(O)cc1. The van der Waals surface area contributed by atoms with Gasteiger partial charge in [0.15, 0.2) is 5.92 Å². The van der Waals surface area contributed by atoms with Crippen molar-refractivity contribution in [3.8, 4) is 5.75 Å². The summed E-state index contributed by atoms with van der Waals surface area (Å²) in [6.45, 7) is 7.38. The fourth-order valence-corrected chi connectivity index (χ4v) is 3.18. The zero-order valence-corrected chi connectivity index (χ0v) is 14.1. The van der Waals surface area contributed by atoms with Gasteiger partial charge in [-0.1, -0.05) is 0 Å². The van der Waals surface area contributed by atoms with Crippen molar-refractivity contribution in [3.05, 3.63) is 24.3 Å². The molecule has 0 fully saturated rings. The molecule has 1 rings (SSSR count). The Labute approximate surface area is 135 Å². The molecule has 0 aromatic heterocycles. The molecule has 1 aromatic carbocycles. The maximum absolute atomic E-state index is 12.2. The highest BCUT2D eigenvalue weighted by Gasteiger charge is 2.44. The number of carbonyl (C=O) groups excluding carboxylic acids is 2. The molecule has 0 saturated heterocycles. The first-order chi connectivity index (χ1) is 10.3. The number of phenolic OH excluding ortho intramolecular Hbond substituents is 1. The highest BCUT2D eigenvalue weighted by Crippen LogP contribution is 2.40. The average molecular weight is 326 g/mol. The van der Waals surface area contributed by atoms with Crippen LogP contribution in [0.15, 0.2) is 29.2 Å². The minimum Gasteiger partial charge on any atom is -0.508 e. The summed E-state index contributed by atoms with van der Waals surface area (Å²) in [6, 6.07) is 6.58. The number of ether oxygens (including phenoxy) is 2. The van der Waals surface area contributed by atoms with E-state index < -0.39 is 22.6 Å². The van der Waals surface area contributed by atoms with Gasteiger partial charge in [-0.2, -0.15) is 0 Å². The molecule has 0 aliphatic heterocycles. The molecule has 22 heavy (non-hydrogen) atoms. The smallest absolute Gasteiger partial charge is 0.321 e. The van der Waals surface area contributed by atoms with E-state index in [0.29, 0.717) is 0 Å². The van der Waals surface area contributed by atoms with Gasteiger partial charge in [0.1, 0.15) is 5.75 Å². The van der Waals surface area contributed by atoms with Gasteiger partial charge in [0.25, 0.3) is 0 Å². The van der Waals surface area contributed by atoms with E-state index in [1.165, 1.54) is 11.8 Å². The monoisotopic (exact) mass is 326 g/mol. The van der Waals surface area contributed by atoms with Gasteiger partial charge in [-0.25, -0.2) is 0 Å². The molecular weight excluding hydrogens is 304 g/mol. The molecule has 0 amide bonds. The molecule has 0 unspecified atom stereocenters. The van der Waals surface area contributed by atoms with Crippen LogP contribution in [0.1, 0.15) is 27.7 Å². The van der Waals surface area contributed by atoms with Gasteiger partial charge in [-0.3, -0.25) is 9.59 Å². The molecule has 0 atom stereocenters. The molecule has 0 bridgehead atoms. The number of aromatic hydroxyl groups is 1. The Kier molecular flexibility index (Phi) is 6.74. The van der Waals surface area contributed by atoms with E-state index in [0.717, 1.165) is 4.90 Å². The van der Waals surface area contributed by atoms with Crippen molar-refractivity contribution in [2.75, 3.05) is 13.2 Å². The van der Waals surface area contributed by atoms with Crippen molar-refractivity contribution in [2.45, 2.75) is 37.3 Å². The lowest BCUT2D eigenvalue weighted by Crippen LogP contribution is -2.42. The van der Waals surface area contributed by atoms with Gasteiger partial charge >= 0.3 is 11.9 Å². The number of thioether (sulfide) groups is 1. The molecule has 0 radical (unpaired) electrons. The topological polar surface area (TPSA) is 72.8 Å². The number of hydrogen-bond donors (Lipinski definition) is 1. The van der Waals surface area contributed by atoms with Crippen LogP contribution in [0, 0.1) is 5.92 Å². The Morgan fingerprint density at radius 3 is 1.95 bits per heavy atom. The lowest BCUT2D eigenvalue weighted by molar-refractivity contribution is -0.162. The van der Waals surface area contributed by atoms with Crippen molar-refractivity contribution in [3.63, 3.8) is 0 Å². The maximum atomic E-state index is 12.2. The average Bonchev–Trinajstić information content (AvgIpc) is 2.41. The molecule has 5 nitrogen and oxygen atoms in total. The number of rotatable bonds is 7. The van der Waals surface area contributed by atoms with Crippen LogP contribution in [-0.2, 0) is 19.1 Å². The van der Waals surface area contributed by atoms with E-state index in [9.17, 15) is 14.7 Å². The fraction of sp³-hybridized carbons (Fsp3) is 0.500. The lowest BCUT2D eigenvalue weighted by Gasteiger charge is -2.30. The van der Waals surface area contributed by atoms with Crippen molar-refractivity contribution < 1.29 is 24.2 Å². The second kappa shape index (κ2) is 8.08. The van der Waals surface area contributed by atoms with Crippen molar-refractivity contribution in [1.29, 1.82) is 0 Å². The summed E-state index contributed by atoms with van der Waals surface area (Å²) in [5.74, 6) is -2.03. The first-order valence-corrected chi connectivity index (χ1v) is 7.94. The van der Waals surface area contributed by atoms with Gasteiger partial charge in [0.2, 0.25) is 0 Å². The van der Waals surface area contributed by atoms with Gasteiger partial charge in [0, 0.05) is 9.64 Å². The number of benzene rings is 1. The van der Waals surface area contributed by atoms with Crippen LogP contribution in [0.25, 0.3) is 0 Å². The minimum atomic E-state index is -1.02. The molecule has 0 saturated carbocycles. The van der Waals surface area contributed by atoms with Crippen LogP contribution < -0.4 is 0 Å². The summed E-state index contributed by atoms with van der Waals surface area (Å²) >= 11 is 1.36. The summed E-state index contributed by atoms with van der Waals surface area (Å²) in [5, 5.41) is 9.32. The Morgan fingerprint density at radius 1 is 1.09 bits per heavy atom. The van der Waals surface area contributed by atoms with Crippen LogP contribution in [-0.4, -0.2) is 35.0 Å². The molecule has 1 aromatic rings. The van der Waals surface area contributed by atoms with Gasteiger partial charge in [-0.15, -0.1) is 11.8 Å². The normalized spacial score (nSPS) is 11.3. The maximum Gasteiger partial charge on any atom is 0.321 e. The summed E-state index contributed by atoms with van der Waals surface area (Å²) in [5.41, 5.74) is 0. The third-order valence-electron chi connectivity index (χ3n) is 2.96. The molecule has 0 aliphatic rings. The largest absolute Gasteiger partial charge is 0.508 e. The third-order valence-corrected chi connectivity index (χ3v) is 4.23. The van der Waals surface area contributed by atoms with Crippen molar-refractivity contribution in [2.24, 2.45) is 5.92 Å². The van der Waals surface area contributed by atoms with E-state index in [1.807, 2.05) is 0 Å². The predicted molar refractivity (Wildman–Crippen MR) is 84.8 cm³/mol. The number of hydrogen-bond acceptors (Lipinski definition) is 6. The first kappa shape index (κ1) is 18.4. The highest BCUT2D eigenvalue weighted by atomic mass is 32.2. The van der Waals surface area contributed by atoms with E-state index >= 15 is 0 Å². The molecule has 0 heterocycles. The summed E-state index contributed by atoms with van der Waals surface area (Å²) < 4.78 is 9.29. The third kappa shape index (κ3) is 4.94. The Hall–Kier alpha value is -1.69. The predicted octanol–water partition coefficient (Wildman–Crippen LogP) is 3.01. The van der Waals surface area contributed by atoms with Gasteiger partial charge in [-0.05, 0) is 52.0 Å². The first-order valence-electron chi connectivity index (χ1n) is 7.13. The molecule has 0 spiro atoms. The van der Waals surface area contributed by atoms with E-state index in [4.69, 9.17) is 9.47 Å². The molecular formula is C16H22O5S. The van der Waals surface area contributed by atoms with E-state index in [2.05, 4.69) is 0 Å². The molecule has 1 N–H and O–H groups in total. The van der Waals surface area contributed by atoms with Crippen molar-refractivity contribution >= 4 is 23.7 Å². The van der Waals surface area contributed by atoms with E-state index in [1.54, 1.807) is 52.0 Å². The van der Waals surface area contributed by atoms with Crippen molar-refractivity contribution in [1.82, 2.24) is 0 Å². The highest BCUT2D eigenvalue weighted by molar-refractivity contribution is 8.00. The molecule has 6 heteroatoms. The summed E-state index contributed by atoms with van der Waals surface area (Å²) in [4.78, 5) is 25.2. The Bertz CT molecular complexity index is 492. The molecule has 122 valence electrons. The Morgan fingerprint density at radius 2 is 1.55 bits per heavy atom. The lowest BCUT2D eigenvalue weighted by atomic mass is 9.95. The summed E-state index contributed by atoms with van der Waals surface area (Å²) in [6.07, 6.45) is 0. The van der Waals surface area contributed by atoms with Gasteiger partial charge in [0.05, 0.1) is 13.2 Å². The van der Waals surface area contributed by atoms with Crippen LogP contribution in [0.3, 0.4) is 0 Å². The van der Waals surface area contributed by atoms with Crippen LogP contribution >= 0.6 is 11.8 Å². The summed E-state index contributed by atoms with van der Waals surface area (Å²) in [7, 11) is 0.